The molecule has 3 aromatic rings. The molecule has 0 aliphatic carbocycles. The first kappa shape index (κ1) is 23.7. The van der Waals surface area contributed by atoms with Crippen LogP contribution in [0.1, 0.15) is 15.9 Å². The minimum atomic E-state index is -3.65. The molecule has 162 valence electrons. The van der Waals surface area contributed by atoms with Crippen LogP contribution >= 0.6 is 46.4 Å². The molecule has 31 heavy (non-hydrogen) atoms. The number of carbonyl (C=O) groups is 1. The summed E-state index contributed by atoms with van der Waals surface area (Å²) < 4.78 is 25.9. The van der Waals surface area contributed by atoms with Crippen LogP contribution in [0.5, 0.6) is 0 Å². The number of nitrogens with one attached hydrogen (secondary N) is 1. The minimum Gasteiger partial charge on any atom is -0.321 e. The van der Waals surface area contributed by atoms with Gasteiger partial charge in [-0.15, -0.1) is 0 Å². The van der Waals surface area contributed by atoms with E-state index < -0.39 is 10.0 Å². The van der Waals surface area contributed by atoms with Crippen molar-refractivity contribution in [3.63, 3.8) is 0 Å². The first-order valence-corrected chi connectivity index (χ1v) is 12.2. The summed E-state index contributed by atoms with van der Waals surface area (Å²) in [6, 6.07) is 16.2. The molecule has 0 aromatic heterocycles. The van der Waals surface area contributed by atoms with Gasteiger partial charge in [0.05, 0.1) is 44.3 Å². The molecule has 0 aliphatic rings. The molecule has 0 unspecified atom stereocenters. The second-order valence-corrected chi connectivity index (χ2v) is 10.1. The van der Waals surface area contributed by atoms with Gasteiger partial charge in [0.15, 0.2) is 0 Å². The molecule has 0 bridgehead atoms. The summed E-state index contributed by atoms with van der Waals surface area (Å²) in [6.45, 7) is 0.0148. The molecule has 0 atom stereocenters. The third-order valence-corrected chi connectivity index (χ3v) is 7.10. The fraction of sp³-hybridized carbons (Fsp3) is 0.0952. The van der Waals surface area contributed by atoms with Gasteiger partial charge in [-0.1, -0.05) is 70.7 Å². The predicted molar refractivity (Wildman–Crippen MR) is 128 cm³/mol. The van der Waals surface area contributed by atoms with Gasteiger partial charge >= 0.3 is 0 Å². The highest BCUT2D eigenvalue weighted by molar-refractivity contribution is 7.92. The number of benzene rings is 3. The van der Waals surface area contributed by atoms with E-state index in [0.717, 1.165) is 10.6 Å². The van der Waals surface area contributed by atoms with E-state index in [1.807, 2.05) is 0 Å². The lowest BCUT2D eigenvalue weighted by Gasteiger charge is -2.24. The highest BCUT2D eigenvalue weighted by Crippen LogP contribution is 2.34. The summed E-state index contributed by atoms with van der Waals surface area (Å²) in [5.74, 6) is -0.381. The number of rotatable bonds is 6. The Balaban J connectivity index is 1.82. The zero-order valence-electron chi connectivity index (χ0n) is 16.1. The summed E-state index contributed by atoms with van der Waals surface area (Å²) >= 11 is 24.3. The Kier molecular flexibility index (Phi) is 7.39. The Bertz CT molecular complexity index is 1230. The number of hydrogen-bond acceptors (Lipinski definition) is 3. The zero-order valence-corrected chi connectivity index (χ0v) is 19.9. The number of sulfonamides is 1. The average molecular weight is 518 g/mol. The summed E-state index contributed by atoms with van der Waals surface area (Å²) in [7, 11) is -3.65. The maximum atomic E-state index is 12.5. The van der Waals surface area contributed by atoms with E-state index in [1.165, 1.54) is 0 Å². The smallest absolute Gasteiger partial charge is 0.255 e. The lowest BCUT2D eigenvalue weighted by atomic mass is 10.1. The first-order valence-electron chi connectivity index (χ1n) is 8.84. The van der Waals surface area contributed by atoms with E-state index in [0.29, 0.717) is 21.8 Å². The molecule has 10 heteroatoms. The van der Waals surface area contributed by atoms with Crippen LogP contribution < -0.4 is 9.62 Å². The monoisotopic (exact) mass is 516 g/mol. The lowest BCUT2D eigenvalue weighted by molar-refractivity contribution is 0.102. The molecule has 1 amide bonds. The number of nitrogens with zero attached hydrogens (tertiary/aromatic N) is 1. The Hall–Kier alpha value is -1.96. The van der Waals surface area contributed by atoms with Crippen LogP contribution in [-0.4, -0.2) is 20.6 Å². The molecular formula is C21H16Cl4N2O3S. The van der Waals surface area contributed by atoms with Crippen molar-refractivity contribution in [2.75, 3.05) is 15.9 Å². The quantitative estimate of drug-likeness (QED) is 0.404. The van der Waals surface area contributed by atoms with E-state index in [4.69, 9.17) is 46.4 Å². The Morgan fingerprint density at radius 3 is 2.06 bits per heavy atom. The first-order chi connectivity index (χ1) is 14.6. The van der Waals surface area contributed by atoms with E-state index >= 15 is 0 Å². The normalized spacial score (nSPS) is 11.3. The van der Waals surface area contributed by atoms with E-state index in [2.05, 4.69) is 5.32 Å². The Labute approximate surface area is 200 Å². The topological polar surface area (TPSA) is 66.5 Å². The van der Waals surface area contributed by atoms with E-state index in [9.17, 15) is 13.2 Å². The minimum absolute atomic E-state index is 0.0148. The molecule has 0 radical (unpaired) electrons. The largest absolute Gasteiger partial charge is 0.321 e. The number of anilines is 2. The zero-order chi connectivity index (χ0) is 22.8. The van der Waals surface area contributed by atoms with E-state index in [-0.39, 0.29) is 33.2 Å². The highest BCUT2D eigenvalue weighted by Gasteiger charge is 2.22. The van der Waals surface area contributed by atoms with Gasteiger partial charge in [0.25, 0.3) is 5.91 Å². The number of carbonyl (C=O) groups excluding carboxylic acids is 1. The van der Waals surface area contributed by atoms with Crippen molar-refractivity contribution in [1.29, 1.82) is 0 Å². The van der Waals surface area contributed by atoms with Crippen LogP contribution in [0, 0.1) is 0 Å². The van der Waals surface area contributed by atoms with Crippen molar-refractivity contribution in [2.24, 2.45) is 0 Å². The molecule has 3 aromatic carbocycles. The number of halogens is 4. The van der Waals surface area contributed by atoms with Crippen LogP contribution in [-0.2, 0) is 16.6 Å². The highest BCUT2D eigenvalue weighted by atomic mass is 35.5. The van der Waals surface area contributed by atoms with Crippen molar-refractivity contribution in [1.82, 2.24) is 0 Å². The third-order valence-electron chi connectivity index (χ3n) is 4.34. The van der Waals surface area contributed by atoms with E-state index in [1.54, 1.807) is 60.7 Å². The van der Waals surface area contributed by atoms with Crippen LogP contribution in [0.15, 0.2) is 60.7 Å². The summed E-state index contributed by atoms with van der Waals surface area (Å²) in [5.41, 5.74) is 1.68. The van der Waals surface area contributed by atoms with Gasteiger partial charge in [-0.2, -0.15) is 0 Å². The van der Waals surface area contributed by atoms with Crippen LogP contribution in [0.4, 0.5) is 11.4 Å². The van der Waals surface area contributed by atoms with Gasteiger partial charge in [0.1, 0.15) is 0 Å². The summed E-state index contributed by atoms with van der Waals surface area (Å²) in [5, 5.41) is 3.67. The number of amides is 1. The summed E-state index contributed by atoms with van der Waals surface area (Å²) in [6.07, 6.45) is 1.08. The summed E-state index contributed by atoms with van der Waals surface area (Å²) in [4.78, 5) is 12.5. The average Bonchev–Trinajstić information content (AvgIpc) is 2.71. The maximum absolute atomic E-state index is 12.5. The predicted octanol–water partition coefficient (Wildman–Crippen LogP) is 6.52. The van der Waals surface area contributed by atoms with Gasteiger partial charge in [0.2, 0.25) is 10.0 Å². The number of hydrogen-bond donors (Lipinski definition) is 1. The maximum Gasteiger partial charge on any atom is 0.255 e. The fourth-order valence-corrected chi connectivity index (χ4v) is 4.48. The van der Waals surface area contributed by atoms with Crippen LogP contribution in [0.2, 0.25) is 20.1 Å². The fourth-order valence-electron chi connectivity index (χ4n) is 2.79. The lowest BCUT2D eigenvalue weighted by Crippen LogP contribution is -2.29. The molecule has 0 aliphatic heterocycles. The molecule has 0 spiro atoms. The SMILES string of the molecule is CS(=O)(=O)N(Cc1ccc(C(=O)Nc2cccc(Cl)c2Cl)cc1)c1cccc(Cl)c1Cl. The van der Waals surface area contributed by atoms with Crippen molar-refractivity contribution < 1.29 is 13.2 Å². The standard InChI is InChI=1S/C21H16Cl4N2O3S/c1-31(29,30)27(18-7-3-5-16(23)20(18)25)12-13-8-10-14(11-9-13)21(28)26-17-6-2-4-15(22)19(17)24/h2-11H,12H2,1H3,(H,26,28). The van der Waals surface area contributed by atoms with Gasteiger partial charge in [-0.3, -0.25) is 9.10 Å². The van der Waals surface area contributed by atoms with Gasteiger partial charge < -0.3 is 5.32 Å². The molecule has 0 heterocycles. The second kappa shape index (κ2) is 9.67. The molecule has 0 fully saturated rings. The molecule has 5 nitrogen and oxygen atoms in total. The van der Waals surface area contributed by atoms with Gasteiger partial charge in [-0.25, -0.2) is 8.42 Å². The van der Waals surface area contributed by atoms with Crippen LogP contribution in [0.3, 0.4) is 0 Å². The van der Waals surface area contributed by atoms with Crippen molar-refractivity contribution in [2.45, 2.75) is 6.54 Å². The van der Waals surface area contributed by atoms with Crippen LogP contribution in [0.25, 0.3) is 0 Å². The van der Waals surface area contributed by atoms with Gasteiger partial charge in [-0.05, 0) is 42.0 Å². The molecule has 0 saturated heterocycles. The Morgan fingerprint density at radius 1 is 0.871 bits per heavy atom. The van der Waals surface area contributed by atoms with Crippen molar-refractivity contribution in [3.05, 3.63) is 91.9 Å². The van der Waals surface area contributed by atoms with Gasteiger partial charge in [0, 0.05) is 5.56 Å². The molecule has 3 rings (SSSR count). The molecule has 1 N–H and O–H groups in total. The molecular weight excluding hydrogens is 502 g/mol. The molecule has 0 saturated carbocycles. The second-order valence-electron chi connectivity index (χ2n) is 6.60. The van der Waals surface area contributed by atoms with Crippen molar-refractivity contribution in [3.8, 4) is 0 Å². The third kappa shape index (κ3) is 5.64. The Morgan fingerprint density at radius 2 is 1.45 bits per heavy atom. The van der Waals surface area contributed by atoms with Crippen molar-refractivity contribution >= 4 is 73.7 Å².